The number of non-ortho nitro benzene ring substituents is 2. The number of aromatic nitrogens is 1. The van der Waals surface area contributed by atoms with Crippen LogP contribution in [0.3, 0.4) is 0 Å². The van der Waals surface area contributed by atoms with Gasteiger partial charge in [-0.25, -0.2) is 0 Å². The molecule has 12 heteroatoms. The lowest BCUT2D eigenvalue weighted by Crippen LogP contribution is -2.37. The summed E-state index contributed by atoms with van der Waals surface area (Å²) in [5.74, 6) is 0. The van der Waals surface area contributed by atoms with Crippen molar-refractivity contribution in [3.63, 3.8) is 0 Å². The van der Waals surface area contributed by atoms with E-state index in [1.807, 2.05) is 18.2 Å². The van der Waals surface area contributed by atoms with Crippen LogP contribution in [0.4, 0.5) is 22.7 Å². The van der Waals surface area contributed by atoms with Gasteiger partial charge in [0.05, 0.1) is 20.8 Å². The van der Waals surface area contributed by atoms with Gasteiger partial charge in [-0.05, 0) is 18.2 Å². The minimum atomic E-state index is -0.748. The van der Waals surface area contributed by atoms with Crippen molar-refractivity contribution in [1.29, 1.82) is 0 Å². The van der Waals surface area contributed by atoms with E-state index < -0.39 is 26.1 Å². The summed E-state index contributed by atoms with van der Waals surface area (Å²) >= 11 is 0. The molecule has 2 aromatic carbocycles. The Morgan fingerprint density at radius 3 is 2.03 bits per heavy atom. The second-order valence-corrected chi connectivity index (χ2v) is 6.24. The quantitative estimate of drug-likeness (QED) is 0.252. The van der Waals surface area contributed by atoms with Crippen LogP contribution in [0.15, 0.2) is 78.2 Å². The maximum Gasteiger partial charge on any atom is 0.301 e. The maximum absolute atomic E-state index is 11.3. The minimum absolute atomic E-state index is 0.0342. The number of nitro benzene ring substituents is 3. The fourth-order valence-corrected chi connectivity index (χ4v) is 2.69. The van der Waals surface area contributed by atoms with Gasteiger partial charge in [0.2, 0.25) is 0 Å². The summed E-state index contributed by atoms with van der Waals surface area (Å²) in [4.78, 5) is 31.1. The predicted molar refractivity (Wildman–Crippen MR) is 110 cm³/mol. The van der Waals surface area contributed by atoms with E-state index in [1.165, 1.54) is 30.3 Å². The Hall–Kier alpha value is -4.74. The monoisotopic (exact) mass is 423 g/mol. The van der Waals surface area contributed by atoms with Gasteiger partial charge in [-0.1, -0.05) is 6.07 Å². The van der Waals surface area contributed by atoms with Crippen molar-refractivity contribution in [1.82, 2.24) is 0 Å². The third-order valence-corrected chi connectivity index (χ3v) is 4.22. The highest BCUT2D eigenvalue weighted by Gasteiger charge is 2.20. The van der Waals surface area contributed by atoms with Gasteiger partial charge in [0.25, 0.3) is 11.4 Å². The molecule has 0 amide bonds. The van der Waals surface area contributed by atoms with Gasteiger partial charge in [-0.15, -0.1) is 0 Å². The fourth-order valence-electron chi connectivity index (χ4n) is 2.69. The Balaban J connectivity index is 1.98. The molecule has 3 aromatic rings. The first-order valence-corrected chi connectivity index (χ1v) is 8.79. The second-order valence-electron chi connectivity index (χ2n) is 6.24. The molecule has 31 heavy (non-hydrogen) atoms. The van der Waals surface area contributed by atoms with Gasteiger partial charge in [0, 0.05) is 35.9 Å². The fraction of sp³-hybridized carbons (Fsp3) is 0.0526. The maximum atomic E-state index is 11.3. The van der Waals surface area contributed by atoms with Crippen LogP contribution < -0.4 is 9.99 Å². The number of hydrogen-bond acceptors (Lipinski definition) is 8. The molecule has 3 rings (SSSR count). The Kier molecular flexibility index (Phi) is 6.21. The summed E-state index contributed by atoms with van der Waals surface area (Å²) in [6.45, 7) is 0.256. The summed E-state index contributed by atoms with van der Waals surface area (Å²) in [6, 6.07) is 14.3. The number of nitrogens with one attached hydrogen (secondary N) is 1. The SMILES string of the molecule is O=[N+]([O-])c1ccc(/C(C[n+]2ccccc2)=N/Nc2ccc([N+](=O)[O-])cc2[N+](=O)[O-])cc1. The van der Waals surface area contributed by atoms with Crippen LogP contribution in [-0.4, -0.2) is 20.5 Å². The largest absolute Gasteiger partial charge is 0.301 e. The smallest absolute Gasteiger partial charge is 0.271 e. The zero-order valence-corrected chi connectivity index (χ0v) is 15.8. The Morgan fingerprint density at radius 1 is 0.839 bits per heavy atom. The number of hydrazone groups is 1. The molecule has 0 fully saturated rings. The molecule has 0 aliphatic rings. The molecule has 1 heterocycles. The lowest BCUT2D eigenvalue weighted by molar-refractivity contribution is -0.681. The zero-order valence-electron chi connectivity index (χ0n) is 15.8. The lowest BCUT2D eigenvalue weighted by Gasteiger charge is -2.07. The normalized spacial score (nSPS) is 11.0. The van der Waals surface area contributed by atoms with Crippen molar-refractivity contribution in [2.24, 2.45) is 5.10 Å². The Labute approximate surface area is 174 Å². The van der Waals surface area contributed by atoms with Crippen LogP contribution in [0.25, 0.3) is 0 Å². The van der Waals surface area contributed by atoms with E-state index >= 15 is 0 Å². The molecular formula is C19H15N6O6+. The first-order chi connectivity index (χ1) is 14.8. The molecule has 0 aliphatic carbocycles. The van der Waals surface area contributed by atoms with Gasteiger partial charge >= 0.3 is 5.69 Å². The summed E-state index contributed by atoms with van der Waals surface area (Å²) in [7, 11) is 0. The topological polar surface area (TPSA) is 158 Å². The Bertz CT molecular complexity index is 1160. The average Bonchev–Trinajstić information content (AvgIpc) is 2.77. The summed E-state index contributed by atoms with van der Waals surface area (Å²) in [5.41, 5.74) is 2.53. The van der Waals surface area contributed by atoms with Crippen LogP contribution in [0.1, 0.15) is 5.56 Å². The van der Waals surface area contributed by atoms with Crippen LogP contribution in [0, 0.1) is 30.3 Å². The third-order valence-electron chi connectivity index (χ3n) is 4.22. The van der Waals surface area contributed by atoms with Gasteiger partial charge in [0.15, 0.2) is 18.9 Å². The minimum Gasteiger partial charge on any atom is -0.271 e. The first kappa shape index (κ1) is 21.0. The average molecular weight is 423 g/mol. The van der Waals surface area contributed by atoms with Crippen LogP contribution in [0.5, 0.6) is 0 Å². The van der Waals surface area contributed by atoms with Gasteiger partial charge in [-0.3, -0.25) is 35.8 Å². The highest BCUT2D eigenvalue weighted by molar-refractivity contribution is 6.00. The number of rotatable bonds is 8. The van der Waals surface area contributed by atoms with E-state index in [2.05, 4.69) is 10.5 Å². The zero-order chi connectivity index (χ0) is 22.4. The van der Waals surface area contributed by atoms with E-state index in [0.29, 0.717) is 11.3 Å². The summed E-state index contributed by atoms with van der Waals surface area (Å²) in [5, 5.41) is 37.4. The number of benzene rings is 2. The molecule has 1 aromatic heterocycles. The summed E-state index contributed by atoms with van der Waals surface area (Å²) < 4.78 is 1.80. The van der Waals surface area contributed by atoms with E-state index in [-0.39, 0.29) is 17.9 Å². The van der Waals surface area contributed by atoms with Gasteiger partial charge < -0.3 is 0 Å². The molecule has 1 N–H and O–H groups in total. The number of nitrogens with zero attached hydrogens (tertiary/aromatic N) is 5. The molecule has 0 bridgehead atoms. The van der Waals surface area contributed by atoms with E-state index in [4.69, 9.17) is 0 Å². The van der Waals surface area contributed by atoms with Gasteiger partial charge in [-0.2, -0.15) is 9.67 Å². The Morgan fingerprint density at radius 2 is 1.45 bits per heavy atom. The van der Waals surface area contributed by atoms with Gasteiger partial charge in [0.1, 0.15) is 11.4 Å². The van der Waals surface area contributed by atoms with Crippen molar-refractivity contribution in [3.05, 3.63) is 109 Å². The molecule has 0 radical (unpaired) electrons. The summed E-state index contributed by atoms with van der Waals surface area (Å²) in [6.07, 6.45) is 3.57. The van der Waals surface area contributed by atoms with Crippen molar-refractivity contribution >= 4 is 28.5 Å². The van der Waals surface area contributed by atoms with E-state index in [1.54, 1.807) is 17.0 Å². The molecule has 156 valence electrons. The molecule has 0 unspecified atom stereocenters. The molecule has 0 saturated heterocycles. The van der Waals surface area contributed by atoms with Crippen molar-refractivity contribution in [2.45, 2.75) is 6.54 Å². The first-order valence-electron chi connectivity index (χ1n) is 8.79. The molecular weight excluding hydrogens is 408 g/mol. The second kappa shape index (κ2) is 9.17. The molecule has 0 atom stereocenters. The molecule has 0 spiro atoms. The van der Waals surface area contributed by atoms with Crippen LogP contribution in [0.2, 0.25) is 0 Å². The lowest BCUT2D eigenvalue weighted by atomic mass is 10.1. The predicted octanol–water partition coefficient (Wildman–Crippen LogP) is 3.22. The molecule has 0 aliphatic heterocycles. The van der Waals surface area contributed by atoms with Crippen molar-refractivity contribution in [2.75, 3.05) is 5.43 Å². The number of hydrogen-bond donors (Lipinski definition) is 1. The van der Waals surface area contributed by atoms with Crippen molar-refractivity contribution in [3.8, 4) is 0 Å². The van der Waals surface area contributed by atoms with Crippen LogP contribution >= 0.6 is 0 Å². The van der Waals surface area contributed by atoms with E-state index in [9.17, 15) is 30.3 Å². The number of nitro groups is 3. The standard InChI is InChI=1S/C19H15N6O6/c26-23(27)15-6-4-14(5-7-15)18(13-22-10-2-1-3-11-22)21-20-17-9-8-16(24(28)29)12-19(17)25(30)31/h1-12,20H,13H2/q+1/b21-18+. The number of pyridine rings is 1. The highest BCUT2D eigenvalue weighted by Crippen LogP contribution is 2.29. The molecule has 0 saturated carbocycles. The van der Waals surface area contributed by atoms with Crippen LogP contribution in [-0.2, 0) is 6.54 Å². The third kappa shape index (κ3) is 5.20. The number of anilines is 1. The van der Waals surface area contributed by atoms with E-state index in [0.717, 1.165) is 12.1 Å². The van der Waals surface area contributed by atoms with Crippen molar-refractivity contribution < 1.29 is 19.3 Å². The highest BCUT2D eigenvalue weighted by atomic mass is 16.6. The molecule has 12 nitrogen and oxygen atoms in total.